The number of hydrogen-bond donors (Lipinski definition) is 2. The fourth-order valence-corrected chi connectivity index (χ4v) is 1.80. The quantitative estimate of drug-likeness (QED) is 0.499. The zero-order valence-corrected chi connectivity index (χ0v) is 9.90. The summed E-state index contributed by atoms with van der Waals surface area (Å²) in [6.07, 6.45) is 0.919. The van der Waals surface area contributed by atoms with Gasteiger partial charge in [-0.1, -0.05) is 12.1 Å². The van der Waals surface area contributed by atoms with Crippen LogP contribution in [-0.2, 0) is 9.53 Å². The summed E-state index contributed by atoms with van der Waals surface area (Å²) in [5, 5.41) is 23.0. The predicted molar refractivity (Wildman–Crippen MR) is 67.4 cm³/mol. The Morgan fingerprint density at radius 2 is 1.79 bits per heavy atom. The Bertz CT molecular complexity index is 648. The fourth-order valence-electron chi connectivity index (χ4n) is 1.80. The summed E-state index contributed by atoms with van der Waals surface area (Å²) in [6, 6.07) is 6.44. The van der Waals surface area contributed by atoms with E-state index < -0.39 is 5.91 Å². The summed E-state index contributed by atoms with van der Waals surface area (Å²) < 4.78 is 5.47. The Morgan fingerprint density at radius 1 is 1.26 bits per heavy atom. The van der Waals surface area contributed by atoms with E-state index in [0.29, 0.717) is 10.8 Å². The lowest BCUT2D eigenvalue weighted by molar-refractivity contribution is -0.113. The molecule has 1 amide bonds. The third kappa shape index (κ3) is 1.90. The highest BCUT2D eigenvalue weighted by Gasteiger charge is 2.23. The average Bonchev–Trinajstić information content (AvgIpc) is 2.68. The average molecular weight is 262 g/mol. The smallest absolute Gasteiger partial charge is 0.336 e. The van der Waals surface area contributed by atoms with Crippen LogP contribution in [0, 0.1) is 4.91 Å². The van der Waals surface area contributed by atoms with Gasteiger partial charge < -0.3 is 14.9 Å². The predicted octanol–water partition coefficient (Wildman–Crippen LogP) is 1.79. The van der Waals surface area contributed by atoms with Crippen LogP contribution >= 0.6 is 0 Å². The van der Waals surface area contributed by atoms with Gasteiger partial charge in [-0.2, -0.15) is 0 Å². The maximum Gasteiger partial charge on any atom is 0.336 e. The van der Waals surface area contributed by atoms with Crippen molar-refractivity contribution in [2.24, 2.45) is 5.18 Å². The fraction of sp³-hybridized carbons (Fsp3) is 0.0833. The van der Waals surface area contributed by atoms with Crippen molar-refractivity contribution in [3.63, 3.8) is 0 Å². The van der Waals surface area contributed by atoms with Gasteiger partial charge in [0.25, 0.3) is 0 Å². The number of aromatic nitrogens is 1. The third-order valence-electron chi connectivity index (χ3n) is 2.60. The number of carbonyl (C=O) groups is 1. The summed E-state index contributed by atoms with van der Waals surface area (Å²) in [6.45, 7) is 0. The van der Waals surface area contributed by atoms with E-state index >= 15 is 0 Å². The molecular weight excluding hydrogens is 252 g/mol. The highest BCUT2D eigenvalue weighted by molar-refractivity contribution is 6.15. The van der Waals surface area contributed by atoms with Gasteiger partial charge in [-0.15, -0.1) is 4.91 Å². The van der Waals surface area contributed by atoms with Gasteiger partial charge in [-0.3, -0.25) is 4.79 Å². The first-order valence-corrected chi connectivity index (χ1v) is 5.24. The second-order valence-electron chi connectivity index (χ2n) is 3.66. The van der Waals surface area contributed by atoms with Crippen molar-refractivity contribution in [1.29, 1.82) is 0 Å². The molecule has 0 fully saturated rings. The van der Waals surface area contributed by atoms with Gasteiger partial charge in [0.15, 0.2) is 5.70 Å². The largest absolute Gasteiger partial charge is 0.502 e. The molecule has 0 radical (unpaired) electrons. The number of benzene rings is 1. The van der Waals surface area contributed by atoms with E-state index in [1.165, 1.54) is 7.11 Å². The Hall–Kier alpha value is -2.83. The van der Waals surface area contributed by atoms with Gasteiger partial charge in [0.1, 0.15) is 6.26 Å². The van der Waals surface area contributed by atoms with Crippen LogP contribution in [0.3, 0.4) is 0 Å². The van der Waals surface area contributed by atoms with Gasteiger partial charge in [0.2, 0.25) is 11.8 Å². The number of ether oxygens (including phenoxy) is 1. The summed E-state index contributed by atoms with van der Waals surface area (Å²) in [7, 11) is 1.26. The number of methoxy groups -OCH3 is 1. The van der Waals surface area contributed by atoms with E-state index in [4.69, 9.17) is 0 Å². The topological polar surface area (TPSA) is 101 Å². The van der Waals surface area contributed by atoms with E-state index in [1.54, 1.807) is 24.3 Å². The minimum atomic E-state index is -1.17. The molecule has 7 nitrogen and oxygen atoms in total. The van der Waals surface area contributed by atoms with Crippen LogP contribution in [0.25, 0.3) is 16.5 Å². The highest BCUT2D eigenvalue weighted by Crippen LogP contribution is 2.38. The lowest BCUT2D eigenvalue weighted by atomic mass is 10.2. The molecule has 1 heterocycles. The molecule has 0 bridgehead atoms. The van der Waals surface area contributed by atoms with Crippen LogP contribution in [0.4, 0.5) is 0 Å². The van der Waals surface area contributed by atoms with Crippen molar-refractivity contribution in [1.82, 2.24) is 4.57 Å². The molecule has 2 N–H and O–H groups in total. The molecule has 0 spiro atoms. The van der Waals surface area contributed by atoms with Crippen LogP contribution < -0.4 is 0 Å². The summed E-state index contributed by atoms with van der Waals surface area (Å²) in [4.78, 5) is 21.8. The number of hydrogen-bond acceptors (Lipinski definition) is 5. The lowest BCUT2D eigenvalue weighted by Gasteiger charge is -2.06. The second-order valence-corrected chi connectivity index (χ2v) is 3.66. The summed E-state index contributed by atoms with van der Waals surface area (Å²) in [5.41, 5.74) is -0.385. The molecule has 1 aromatic carbocycles. The molecule has 0 saturated heterocycles. The van der Waals surface area contributed by atoms with Crippen LogP contribution in [0.15, 0.2) is 35.7 Å². The normalized spacial score (nSPS) is 11.5. The minimum absolute atomic E-state index is 0.334. The first-order chi connectivity index (χ1) is 9.11. The highest BCUT2D eigenvalue weighted by atomic mass is 16.5. The lowest BCUT2D eigenvalue weighted by Crippen LogP contribution is -2.06. The Labute approximate surface area is 107 Å². The Kier molecular flexibility index (Phi) is 3.19. The van der Waals surface area contributed by atoms with Crippen molar-refractivity contribution in [2.45, 2.75) is 0 Å². The van der Waals surface area contributed by atoms with Crippen molar-refractivity contribution in [3.05, 3.63) is 35.4 Å². The van der Waals surface area contributed by atoms with Crippen LogP contribution in [0.2, 0.25) is 0 Å². The number of rotatable bonds is 3. The summed E-state index contributed by atoms with van der Waals surface area (Å²) >= 11 is 0. The molecule has 19 heavy (non-hydrogen) atoms. The third-order valence-corrected chi connectivity index (χ3v) is 2.60. The van der Waals surface area contributed by atoms with E-state index in [2.05, 4.69) is 9.91 Å². The van der Waals surface area contributed by atoms with Crippen molar-refractivity contribution in [2.75, 3.05) is 7.11 Å². The van der Waals surface area contributed by atoms with Crippen LogP contribution in [0.1, 0.15) is 0 Å². The van der Waals surface area contributed by atoms with E-state index in [-0.39, 0.29) is 17.5 Å². The molecule has 98 valence electrons. The van der Waals surface area contributed by atoms with Crippen LogP contribution in [-0.4, -0.2) is 27.8 Å². The molecule has 1 aromatic heterocycles. The van der Waals surface area contributed by atoms with Gasteiger partial charge in [-0.05, 0) is 12.1 Å². The number of nitrogens with zero attached hydrogens (tertiary/aromatic N) is 2. The number of nitroso groups, excluding NO2 is 1. The van der Waals surface area contributed by atoms with Crippen molar-refractivity contribution in [3.8, 4) is 11.8 Å². The molecule has 0 atom stereocenters. The van der Waals surface area contributed by atoms with Gasteiger partial charge in [0.05, 0.1) is 7.11 Å². The molecule has 0 unspecified atom stereocenters. The van der Waals surface area contributed by atoms with Gasteiger partial charge in [0, 0.05) is 15.9 Å². The number of carbonyl (C=O) groups excluding carboxylic acids is 1. The van der Waals surface area contributed by atoms with E-state index in [9.17, 15) is 19.9 Å². The molecule has 2 rings (SSSR count). The van der Waals surface area contributed by atoms with Crippen molar-refractivity contribution < 1.29 is 19.7 Å². The number of amides is 1. The standard InChI is InChI=1S/C12H10N2O5/c1-19-6-9(10(15)13-18)14-11(16)7-4-2-3-5-8(7)12(14)17/h2-6,16-17H,1H3/b9-6+. The molecule has 0 aliphatic carbocycles. The monoisotopic (exact) mass is 262 g/mol. The maximum atomic E-state index is 11.4. The number of aromatic hydroxyl groups is 2. The molecule has 7 heteroatoms. The number of fused-ring (bicyclic) bond motifs is 1. The first-order valence-electron chi connectivity index (χ1n) is 5.24. The van der Waals surface area contributed by atoms with E-state index in [1.807, 2.05) is 0 Å². The first kappa shape index (κ1) is 12.6. The maximum absolute atomic E-state index is 11.4. The zero-order valence-electron chi connectivity index (χ0n) is 9.90. The Morgan fingerprint density at radius 3 is 2.21 bits per heavy atom. The second kappa shape index (κ2) is 4.81. The van der Waals surface area contributed by atoms with Crippen LogP contribution in [0.5, 0.6) is 11.8 Å². The molecule has 0 aliphatic rings. The SMILES string of the molecule is CO/C=C(\C(=O)N=O)n1c(O)c2ccccc2c1O. The molecule has 2 aromatic rings. The molecule has 0 saturated carbocycles. The zero-order chi connectivity index (χ0) is 14.0. The molecule has 0 aliphatic heterocycles. The Balaban J connectivity index is 2.77. The minimum Gasteiger partial charge on any atom is -0.502 e. The van der Waals surface area contributed by atoms with Crippen molar-refractivity contribution >= 4 is 22.4 Å². The van der Waals surface area contributed by atoms with Gasteiger partial charge >= 0.3 is 5.91 Å². The summed E-state index contributed by atoms with van der Waals surface area (Å²) in [5.74, 6) is -1.94. The van der Waals surface area contributed by atoms with Gasteiger partial charge in [-0.25, -0.2) is 4.57 Å². The van der Waals surface area contributed by atoms with E-state index in [0.717, 1.165) is 10.8 Å². The molecular formula is C12H10N2O5.